The number of carboxylic acid groups (broad SMARTS) is 1. The molecular weight excluding hydrogens is 504 g/mol. The number of ether oxygens (including phenoxy) is 1. The van der Waals surface area contributed by atoms with Gasteiger partial charge < -0.3 is 19.7 Å². The summed E-state index contributed by atoms with van der Waals surface area (Å²) in [6, 6.07) is 23.0. The first-order valence-corrected chi connectivity index (χ1v) is 12.5. The summed E-state index contributed by atoms with van der Waals surface area (Å²) in [5, 5.41) is 12.7. The average molecular weight is 529 g/mol. The first kappa shape index (κ1) is 25.3. The number of nitrogens with zero attached hydrogens (tertiary/aromatic N) is 1. The molecule has 0 bridgehead atoms. The number of hydrogen-bond acceptors (Lipinski definition) is 4. The van der Waals surface area contributed by atoms with Crippen LogP contribution in [0.2, 0.25) is 5.02 Å². The van der Waals surface area contributed by atoms with E-state index in [1.807, 2.05) is 48.5 Å². The lowest BCUT2D eigenvalue weighted by Gasteiger charge is -2.17. The number of halogens is 1. The second kappa shape index (κ2) is 10.6. The number of aliphatic carboxylic acids is 1. The molecule has 0 spiro atoms. The number of ketones is 1. The minimum atomic E-state index is -1.24. The van der Waals surface area contributed by atoms with Gasteiger partial charge in [-0.1, -0.05) is 72.3 Å². The Bertz CT molecular complexity index is 1500. The van der Waals surface area contributed by atoms with E-state index in [2.05, 4.69) is 5.32 Å². The van der Waals surface area contributed by atoms with Gasteiger partial charge in [0.1, 0.15) is 12.6 Å². The number of alkyl carbamates (subject to hydrolysis) is 1. The van der Waals surface area contributed by atoms with Crippen LogP contribution in [-0.2, 0) is 23.0 Å². The quantitative estimate of drug-likeness (QED) is 0.297. The van der Waals surface area contributed by atoms with Gasteiger partial charge in [0.2, 0.25) is 0 Å². The second-order valence-electron chi connectivity index (χ2n) is 9.24. The maximum atomic E-state index is 12.9. The molecular formula is C30H25ClN2O5. The van der Waals surface area contributed by atoms with Gasteiger partial charge in [-0.2, -0.15) is 0 Å². The molecule has 4 aromatic rings. The van der Waals surface area contributed by atoms with Crippen LogP contribution in [0.3, 0.4) is 0 Å². The van der Waals surface area contributed by atoms with Crippen molar-refractivity contribution in [3.05, 3.63) is 118 Å². The van der Waals surface area contributed by atoms with Gasteiger partial charge in [0.25, 0.3) is 0 Å². The van der Waals surface area contributed by atoms with Gasteiger partial charge in [-0.15, -0.1) is 0 Å². The normalized spacial score (nSPS) is 12.9. The van der Waals surface area contributed by atoms with E-state index >= 15 is 0 Å². The van der Waals surface area contributed by atoms with Crippen LogP contribution in [0.5, 0.6) is 0 Å². The fourth-order valence-corrected chi connectivity index (χ4v) is 5.12. The maximum absolute atomic E-state index is 12.9. The molecule has 1 heterocycles. The maximum Gasteiger partial charge on any atom is 0.407 e. The number of aryl methyl sites for hydroxylation is 1. The van der Waals surface area contributed by atoms with Crippen molar-refractivity contribution in [1.82, 2.24) is 9.88 Å². The van der Waals surface area contributed by atoms with Crippen molar-refractivity contribution in [2.75, 3.05) is 6.61 Å². The van der Waals surface area contributed by atoms with Gasteiger partial charge >= 0.3 is 12.1 Å². The molecule has 0 radical (unpaired) electrons. The Hall–Kier alpha value is -4.36. The van der Waals surface area contributed by atoms with Crippen molar-refractivity contribution in [2.24, 2.45) is 7.05 Å². The zero-order chi connectivity index (χ0) is 26.8. The molecule has 1 aliphatic rings. The van der Waals surface area contributed by atoms with Crippen molar-refractivity contribution in [3.8, 4) is 11.1 Å². The zero-order valence-corrected chi connectivity index (χ0v) is 21.3. The van der Waals surface area contributed by atoms with E-state index in [0.717, 1.165) is 22.3 Å². The van der Waals surface area contributed by atoms with Crippen LogP contribution in [0.25, 0.3) is 11.1 Å². The Morgan fingerprint density at radius 3 is 2.24 bits per heavy atom. The third-order valence-electron chi connectivity index (χ3n) is 6.80. The van der Waals surface area contributed by atoms with Gasteiger partial charge in [-0.05, 0) is 40.5 Å². The largest absolute Gasteiger partial charge is 0.480 e. The van der Waals surface area contributed by atoms with E-state index in [9.17, 15) is 19.5 Å². The standard InChI is InChI=1S/C30H25ClN2O5/c1-33-16-19(28(34)18-7-6-8-20(31)13-18)14-21(33)15-27(29(35)36)32-30(37)38-17-26-24-11-4-2-9-22(24)23-10-3-5-12-25(23)26/h2-14,16,26-27H,15,17H2,1H3,(H,32,37)(H,35,36). The van der Waals surface area contributed by atoms with Crippen LogP contribution in [0.15, 0.2) is 85.1 Å². The van der Waals surface area contributed by atoms with Gasteiger partial charge in [-0.3, -0.25) is 4.79 Å². The van der Waals surface area contributed by atoms with Crippen LogP contribution in [0.1, 0.15) is 38.7 Å². The fraction of sp³-hybridized carbons (Fsp3) is 0.167. The number of benzene rings is 3. The zero-order valence-electron chi connectivity index (χ0n) is 20.6. The Kier molecular flexibility index (Phi) is 7.03. The molecule has 1 unspecified atom stereocenters. The molecule has 0 saturated carbocycles. The molecule has 0 saturated heterocycles. The lowest BCUT2D eigenvalue weighted by atomic mass is 9.98. The van der Waals surface area contributed by atoms with Gasteiger partial charge in [0.05, 0.1) is 0 Å². The first-order chi connectivity index (χ1) is 18.3. The summed E-state index contributed by atoms with van der Waals surface area (Å²) < 4.78 is 7.19. The highest BCUT2D eigenvalue weighted by atomic mass is 35.5. The summed E-state index contributed by atoms with van der Waals surface area (Å²) in [4.78, 5) is 37.5. The molecule has 2 N–H and O–H groups in total. The predicted molar refractivity (Wildman–Crippen MR) is 144 cm³/mol. The number of nitrogens with one attached hydrogen (secondary N) is 1. The van der Waals surface area contributed by atoms with Crippen molar-refractivity contribution in [2.45, 2.75) is 18.4 Å². The molecule has 0 aliphatic heterocycles. The van der Waals surface area contributed by atoms with Crippen molar-refractivity contribution in [1.29, 1.82) is 0 Å². The third-order valence-corrected chi connectivity index (χ3v) is 7.04. The average Bonchev–Trinajstić information content (AvgIpc) is 3.44. The predicted octanol–water partition coefficient (Wildman–Crippen LogP) is 5.44. The van der Waals surface area contributed by atoms with Crippen LogP contribution in [0, 0.1) is 0 Å². The Labute approximate surface area is 224 Å². The molecule has 38 heavy (non-hydrogen) atoms. The number of rotatable bonds is 8. The summed E-state index contributed by atoms with van der Waals surface area (Å²) in [6.45, 7) is 0.0780. The summed E-state index contributed by atoms with van der Waals surface area (Å²) >= 11 is 6.01. The van der Waals surface area contributed by atoms with E-state index in [0.29, 0.717) is 21.8 Å². The highest BCUT2D eigenvalue weighted by molar-refractivity contribution is 6.31. The molecule has 1 atom stereocenters. The minimum absolute atomic E-state index is 0.0289. The van der Waals surface area contributed by atoms with E-state index in [1.165, 1.54) is 0 Å². The number of hydrogen-bond donors (Lipinski definition) is 2. The molecule has 3 aromatic carbocycles. The number of aromatic nitrogens is 1. The lowest BCUT2D eigenvalue weighted by Crippen LogP contribution is -2.43. The van der Waals surface area contributed by atoms with E-state index < -0.39 is 18.1 Å². The van der Waals surface area contributed by atoms with Crippen LogP contribution >= 0.6 is 11.6 Å². The molecule has 5 rings (SSSR count). The number of carbonyl (C=O) groups is 3. The van der Waals surface area contributed by atoms with Gasteiger partial charge in [-0.25, -0.2) is 9.59 Å². The number of carbonyl (C=O) groups excluding carboxylic acids is 2. The SMILES string of the molecule is Cn1cc(C(=O)c2cccc(Cl)c2)cc1CC(NC(=O)OCC1c2ccccc2-c2ccccc21)C(=O)O. The monoisotopic (exact) mass is 528 g/mol. The smallest absolute Gasteiger partial charge is 0.407 e. The van der Waals surface area contributed by atoms with Crippen molar-refractivity contribution in [3.63, 3.8) is 0 Å². The number of fused-ring (bicyclic) bond motifs is 3. The van der Waals surface area contributed by atoms with Gasteiger partial charge in [0.15, 0.2) is 5.78 Å². The molecule has 1 amide bonds. The summed E-state index contributed by atoms with van der Waals surface area (Å²) in [5.74, 6) is -1.57. The molecule has 0 fully saturated rings. The number of amides is 1. The third kappa shape index (κ3) is 5.06. The summed E-state index contributed by atoms with van der Waals surface area (Å²) in [5.41, 5.74) is 5.74. The minimum Gasteiger partial charge on any atom is -0.480 e. The summed E-state index contributed by atoms with van der Waals surface area (Å²) in [7, 11) is 1.72. The van der Waals surface area contributed by atoms with Crippen LogP contribution in [0.4, 0.5) is 4.79 Å². The van der Waals surface area contributed by atoms with E-state index in [1.54, 1.807) is 48.1 Å². The Morgan fingerprint density at radius 1 is 0.947 bits per heavy atom. The van der Waals surface area contributed by atoms with Crippen molar-refractivity contribution >= 4 is 29.4 Å². The highest BCUT2D eigenvalue weighted by Gasteiger charge is 2.30. The van der Waals surface area contributed by atoms with Crippen LogP contribution < -0.4 is 5.32 Å². The van der Waals surface area contributed by atoms with Crippen LogP contribution in [-0.4, -0.2) is 40.2 Å². The lowest BCUT2D eigenvalue weighted by molar-refractivity contribution is -0.139. The Balaban J connectivity index is 1.26. The molecule has 1 aliphatic carbocycles. The topological polar surface area (TPSA) is 97.6 Å². The van der Waals surface area contributed by atoms with E-state index in [-0.39, 0.29) is 24.7 Å². The van der Waals surface area contributed by atoms with Crippen molar-refractivity contribution < 1.29 is 24.2 Å². The Morgan fingerprint density at radius 2 is 1.61 bits per heavy atom. The first-order valence-electron chi connectivity index (χ1n) is 12.1. The van der Waals surface area contributed by atoms with E-state index in [4.69, 9.17) is 16.3 Å². The second-order valence-corrected chi connectivity index (χ2v) is 9.67. The number of carboxylic acids is 1. The molecule has 192 valence electrons. The molecule has 1 aromatic heterocycles. The highest BCUT2D eigenvalue weighted by Crippen LogP contribution is 2.44. The molecule has 8 heteroatoms. The molecule has 7 nitrogen and oxygen atoms in total. The van der Waals surface area contributed by atoms with Gasteiger partial charge in [0, 0.05) is 47.4 Å². The summed E-state index contributed by atoms with van der Waals surface area (Å²) in [6.07, 6.45) is 0.785. The fourth-order valence-electron chi connectivity index (χ4n) is 4.93.